The van der Waals surface area contributed by atoms with Crippen molar-refractivity contribution in [1.82, 2.24) is 20.2 Å². The number of carbonyl (C=O) groups is 2. The monoisotopic (exact) mass is 296 g/mol. The van der Waals surface area contributed by atoms with Gasteiger partial charge in [0.05, 0.1) is 12.9 Å². The van der Waals surface area contributed by atoms with Gasteiger partial charge in [-0.3, -0.25) is 0 Å². The van der Waals surface area contributed by atoms with Crippen molar-refractivity contribution in [2.75, 3.05) is 26.8 Å². The lowest BCUT2D eigenvalue weighted by atomic mass is 10.1. The Morgan fingerprint density at radius 2 is 2.43 bits per heavy atom. The standard InChI is InChI=1S/C13H20N4O4/c1-3-4-17(5-6-21-2)13(20)16-11(12(18)19)7-10-8-14-9-15-10/h3,8-9,11H,1,4-7H2,2H3,(H,14,15)(H,16,20)(H,18,19)/t11-/m1/s1. The molecule has 8 nitrogen and oxygen atoms in total. The highest BCUT2D eigenvalue weighted by Crippen LogP contribution is 2.01. The molecule has 1 heterocycles. The van der Waals surface area contributed by atoms with Crippen LogP contribution in [0.5, 0.6) is 0 Å². The van der Waals surface area contributed by atoms with Crippen molar-refractivity contribution in [2.24, 2.45) is 0 Å². The zero-order valence-corrected chi connectivity index (χ0v) is 11.9. The Labute approximate surface area is 122 Å². The van der Waals surface area contributed by atoms with Crippen LogP contribution in [0.25, 0.3) is 0 Å². The number of carbonyl (C=O) groups excluding carboxylic acids is 1. The molecule has 8 heteroatoms. The van der Waals surface area contributed by atoms with Gasteiger partial charge >= 0.3 is 12.0 Å². The maximum atomic E-state index is 12.1. The van der Waals surface area contributed by atoms with Crippen LogP contribution in [0, 0.1) is 0 Å². The van der Waals surface area contributed by atoms with Gasteiger partial charge in [0, 0.05) is 38.5 Å². The second-order valence-corrected chi connectivity index (χ2v) is 4.35. The lowest BCUT2D eigenvalue weighted by Crippen LogP contribution is -2.49. The van der Waals surface area contributed by atoms with E-state index in [1.54, 1.807) is 6.08 Å². The van der Waals surface area contributed by atoms with E-state index in [-0.39, 0.29) is 6.42 Å². The minimum Gasteiger partial charge on any atom is -0.480 e. The van der Waals surface area contributed by atoms with Crippen molar-refractivity contribution in [1.29, 1.82) is 0 Å². The summed E-state index contributed by atoms with van der Waals surface area (Å²) >= 11 is 0. The summed E-state index contributed by atoms with van der Waals surface area (Å²) in [5.74, 6) is -1.11. The highest BCUT2D eigenvalue weighted by molar-refractivity contribution is 5.82. The summed E-state index contributed by atoms with van der Waals surface area (Å²) in [5.41, 5.74) is 0.634. The zero-order chi connectivity index (χ0) is 15.7. The van der Waals surface area contributed by atoms with E-state index in [0.29, 0.717) is 25.4 Å². The van der Waals surface area contributed by atoms with Gasteiger partial charge in [-0.2, -0.15) is 0 Å². The maximum absolute atomic E-state index is 12.1. The number of aromatic amines is 1. The minimum atomic E-state index is -1.11. The van der Waals surface area contributed by atoms with E-state index in [1.165, 1.54) is 24.5 Å². The van der Waals surface area contributed by atoms with E-state index < -0.39 is 18.0 Å². The van der Waals surface area contributed by atoms with Crippen molar-refractivity contribution in [3.63, 3.8) is 0 Å². The fourth-order valence-corrected chi connectivity index (χ4v) is 1.69. The quantitative estimate of drug-likeness (QED) is 0.566. The number of H-pyrrole nitrogens is 1. The van der Waals surface area contributed by atoms with Gasteiger partial charge in [0.2, 0.25) is 0 Å². The van der Waals surface area contributed by atoms with Crippen LogP contribution >= 0.6 is 0 Å². The molecule has 1 atom stereocenters. The number of rotatable bonds is 9. The second-order valence-electron chi connectivity index (χ2n) is 4.35. The lowest BCUT2D eigenvalue weighted by Gasteiger charge is -2.23. The van der Waals surface area contributed by atoms with Crippen LogP contribution in [0.2, 0.25) is 0 Å². The molecule has 0 fully saturated rings. The number of aromatic nitrogens is 2. The Bertz CT molecular complexity index is 461. The molecule has 2 amide bonds. The molecule has 0 radical (unpaired) electrons. The summed E-state index contributed by atoms with van der Waals surface area (Å²) in [6.45, 7) is 4.60. The molecule has 3 N–H and O–H groups in total. The van der Waals surface area contributed by atoms with Crippen LogP contribution in [0.3, 0.4) is 0 Å². The fourth-order valence-electron chi connectivity index (χ4n) is 1.69. The zero-order valence-electron chi connectivity index (χ0n) is 11.9. The molecular weight excluding hydrogens is 276 g/mol. The molecule has 1 aromatic heterocycles. The minimum absolute atomic E-state index is 0.132. The van der Waals surface area contributed by atoms with Gasteiger partial charge in [0.25, 0.3) is 0 Å². The summed E-state index contributed by atoms with van der Waals surface area (Å²) < 4.78 is 4.92. The van der Waals surface area contributed by atoms with Crippen molar-refractivity contribution in [3.8, 4) is 0 Å². The molecule has 1 rings (SSSR count). The first-order valence-corrected chi connectivity index (χ1v) is 6.43. The van der Waals surface area contributed by atoms with E-state index in [4.69, 9.17) is 4.74 Å². The Morgan fingerprint density at radius 1 is 1.67 bits per heavy atom. The third kappa shape index (κ3) is 5.65. The molecule has 116 valence electrons. The smallest absolute Gasteiger partial charge is 0.326 e. The van der Waals surface area contributed by atoms with Gasteiger partial charge in [-0.1, -0.05) is 6.08 Å². The van der Waals surface area contributed by atoms with Crippen LogP contribution in [-0.2, 0) is 16.0 Å². The summed E-state index contributed by atoms with van der Waals surface area (Å²) in [6, 6.07) is -1.51. The van der Waals surface area contributed by atoms with Crippen LogP contribution in [0.4, 0.5) is 4.79 Å². The maximum Gasteiger partial charge on any atom is 0.326 e. The molecule has 1 aromatic rings. The molecule has 0 spiro atoms. The number of aliphatic carboxylic acids is 1. The second kappa shape index (κ2) is 8.75. The number of nitrogens with zero attached hydrogens (tertiary/aromatic N) is 2. The van der Waals surface area contributed by atoms with Gasteiger partial charge in [0.1, 0.15) is 6.04 Å². The number of amides is 2. The number of ether oxygens (including phenoxy) is 1. The van der Waals surface area contributed by atoms with E-state index >= 15 is 0 Å². The number of hydrogen-bond donors (Lipinski definition) is 3. The average molecular weight is 296 g/mol. The molecule has 0 aliphatic carbocycles. The molecule has 0 bridgehead atoms. The topological polar surface area (TPSA) is 108 Å². The molecule has 0 unspecified atom stereocenters. The number of hydrogen-bond acceptors (Lipinski definition) is 4. The van der Waals surface area contributed by atoms with Gasteiger partial charge in [-0.15, -0.1) is 6.58 Å². The van der Waals surface area contributed by atoms with Gasteiger partial charge in [-0.25, -0.2) is 14.6 Å². The first kappa shape index (κ1) is 16.7. The first-order valence-electron chi connectivity index (χ1n) is 6.43. The number of urea groups is 1. The van der Waals surface area contributed by atoms with E-state index in [2.05, 4.69) is 21.9 Å². The van der Waals surface area contributed by atoms with Crippen LogP contribution in [0.15, 0.2) is 25.2 Å². The highest BCUT2D eigenvalue weighted by atomic mass is 16.5. The van der Waals surface area contributed by atoms with Crippen LogP contribution < -0.4 is 5.32 Å². The van der Waals surface area contributed by atoms with E-state index in [0.717, 1.165) is 0 Å². The third-order valence-corrected chi connectivity index (χ3v) is 2.78. The molecular formula is C13H20N4O4. The van der Waals surface area contributed by atoms with Crippen LogP contribution in [-0.4, -0.2) is 64.8 Å². The molecule has 0 aromatic carbocycles. The normalized spacial score (nSPS) is 11.7. The molecule has 0 saturated carbocycles. The molecule has 0 saturated heterocycles. The number of carboxylic acid groups (broad SMARTS) is 1. The third-order valence-electron chi connectivity index (χ3n) is 2.78. The largest absolute Gasteiger partial charge is 0.480 e. The van der Waals surface area contributed by atoms with Gasteiger partial charge in [0.15, 0.2) is 0 Å². The lowest BCUT2D eigenvalue weighted by molar-refractivity contribution is -0.139. The Balaban J connectivity index is 2.64. The van der Waals surface area contributed by atoms with Crippen molar-refractivity contribution in [2.45, 2.75) is 12.5 Å². The number of imidazole rings is 1. The Kier molecular flexibility index (Phi) is 6.96. The van der Waals surface area contributed by atoms with Crippen molar-refractivity contribution >= 4 is 12.0 Å². The summed E-state index contributed by atoms with van der Waals surface area (Å²) in [5, 5.41) is 11.7. The predicted octanol–water partition coefficient (Wildman–Crippen LogP) is 0.249. The number of carboxylic acids is 1. The molecule has 0 aliphatic rings. The Morgan fingerprint density at radius 3 is 2.95 bits per heavy atom. The number of nitrogens with one attached hydrogen (secondary N) is 2. The summed E-state index contributed by atoms with van der Waals surface area (Å²) in [6.07, 6.45) is 4.68. The first-order chi connectivity index (χ1) is 10.1. The summed E-state index contributed by atoms with van der Waals surface area (Å²) in [4.78, 5) is 31.4. The van der Waals surface area contributed by atoms with Gasteiger partial charge < -0.3 is 25.0 Å². The molecule has 0 aliphatic heterocycles. The molecule has 21 heavy (non-hydrogen) atoms. The number of methoxy groups -OCH3 is 1. The summed E-state index contributed by atoms with van der Waals surface area (Å²) in [7, 11) is 1.53. The SMILES string of the molecule is C=CCN(CCOC)C(=O)N[C@H](Cc1cnc[nH]1)C(=O)O. The predicted molar refractivity (Wildman–Crippen MR) is 75.9 cm³/mol. The highest BCUT2D eigenvalue weighted by Gasteiger charge is 2.23. The fraction of sp³-hybridized carbons (Fsp3) is 0.462. The van der Waals surface area contributed by atoms with Crippen molar-refractivity contribution in [3.05, 3.63) is 30.9 Å². The van der Waals surface area contributed by atoms with E-state index in [9.17, 15) is 14.7 Å². The Hall–Kier alpha value is -2.35. The van der Waals surface area contributed by atoms with Crippen molar-refractivity contribution < 1.29 is 19.4 Å². The van der Waals surface area contributed by atoms with Crippen LogP contribution in [0.1, 0.15) is 5.69 Å². The van der Waals surface area contributed by atoms with E-state index in [1.807, 2.05) is 0 Å². The average Bonchev–Trinajstić information content (AvgIpc) is 2.95. The van der Waals surface area contributed by atoms with Gasteiger partial charge in [-0.05, 0) is 0 Å².